The topological polar surface area (TPSA) is 102 Å². The number of piperidine rings is 1. The number of amides is 1. The molecule has 0 atom stereocenters. The van der Waals surface area contributed by atoms with E-state index in [0.29, 0.717) is 43.1 Å². The molecule has 1 aliphatic heterocycles. The zero-order chi connectivity index (χ0) is 19.4. The second-order valence-electron chi connectivity index (χ2n) is 6.43. The first-order valence-electron chi connectivity index (χ1n) is 8.71. The number of methoxy groups -OCH3 is 1. The van der Waals surface area contributed by atoms with Crippen molar-refractivity contribution in [2.45, 2.75) is 17.7 Å². The van der Waals surface area contributed by atoms with Crippen molar-refractivity contribution in [2.24, 2.45) is 5.92 Å². The number of ether oxygens (including phenoxy) is 1. The van der Waals surface area contributed by atoms with E-state index in [0.717, 1.165) is 0 Å². The van der Waals surface area contributed by atoms with Gasteiger partial charge in [0.1, 0.15) is 5.75 Å². The number of sulfonamides is 1. The molecule has 2 aromatic carbocycles. The van der Waals surface area contributed by atoms with Crippen LogP contribution in [0.15, 0.2) is 53.4 Å². The molecule has 0 aromatic heterocycles. The van der Waals surface area contributed by atoms with Crippen molar-refractivity contribution in [2.75, 3.05) is 31.2 Å². The third-order valence-electron chi connectivity index (χ3n) is 4.74. The first-order valence-corrected chi connectivity index (χ1v) is 10.2. The molecule has 1 aliphatic rings. The summed E-state index contributed by atoms with van der Waals surface area (Å²) in [5, 5.41) is 2.83. The van der Waals surface area contributed by atoms with Crippen molar-refractivity contribution in [1.82, 2.24) is 4.31 Å². The van der Waals surface area contributed by atoms with Crippen LogP contribution >= 0.6 is 0 Å². The molecule has 27 heavy (non-hydrogen) atoms. The zero-order valence-electron chi connectivity index (χ0n) is 15.1. The van der Waals surface area contributed by atoms with Crippen LogP contribution in [0.4, 0.5) is 11.4 Å². The maximum absolute atomic E-state index is 12.8. The minimum absolute atomic E-state index is 0.130. The van der Waals surface area contributed by atoms with Gasteiger partial charge in [-0.1, -0.05) is 12.1 Å². The van der Waals surface area contributed by atoms with Gasteiger partial charge < -0.3 is 15.8 Å². The number of nitrogens with one attached hydrogen (secondary N) is 1. The number of anilines is 2. The fourth-order valence-electron chi connectivity index (χ4n) is 3.10. The summed E-state index contributed by atoms with van der Waals surface area (Å²) in [6, 6.07) is 13.4. The van der Waals surface area contributed by atoms with Crippen LogP contribution in [-0.4, -0.2) is 38.8 Å². The van der Waals surface area contributed by atoms with Crippen molar-refractivity contribution < 1.29 is 17.9 Å². The summed E-state index contributed by atoms with van der Waals surface area (Å²) in [5.74, 6) is 0.228. The first-order chi connectivity index (χ1) is 12.9. The molecule has 0 unspecified atom stereocenters. The van der Waals surface area contributed by atoms with Crippen LogP contribution < -0.4 is 15.8 Å². The fraction of sp³-hybridized carbons (Fsp3) is 0.316. The van der Waals surface area contributed by atoms with Gasteiger partial charge in [-0.05, 0) is 49.2 Å². The molecule has 0 saturated carbocycles. The lowest BCUT2D eigenvalue weighted by Crippen LogP contribution is -2.41. The molecular weight excluding hydrogens is 366 g/mol. The largest absolute Gasteiger partial charge is 0.497 e. The van der Waals surface area contributed by atoms with Gasteiger partial charge in [0.05, 0.1) is 23.4 Å². The molecule has 1 heterocycles. The Bertz CT molecular complexity index is 905. The monoisotopic (exact) mass is 389 g/mol. The van der Waals surface area contributed by atoms with Crippen LogP contribution in [0.25, 0.3) is 0 Å². The third kappa shape index (κ3) is 4.23. The van der Waals surface area contributed by atoms with Gasteiger partial charge in [0.15, 0.2) is 0 Å². The predicted molar refractivity (Wildman–Crippen MR) is 104 cm³/mol. The van der Waals surface area contributed by atoms with Gasteiger partial charge in [0.25, 0.3) is 0 Å². The van der Waals surface area contributed by atoms with Gasteiger partial charge in [0.2, 0.25) is 15.9 Å². The Hall–Kier alpha value is -2.58. The number of hydrogen-bond donors (Lipinski definition) is 2. The van der Waals surface area contributed by atoms with E-state index in [2.05, 4.69) is 5.32 Å². The predicted octanol–water partition coefficient (Wildman–Crippen LogP) is 2.32. The number of carbonyl (C=O) groups excluding carboxylic acids is 1. The second kappa shape index (κ2) is 7.98. The van der Waals surface area contributed by atoms with Crippen LogP contribution in [-0.2, 0) is 14.8 Å². The maximum Gasteiger partial charge on any atom is 0.243 e. The highest BCUT2D eigenvalue weighted by Gasteiger charge is 2.32. The molecule has 3 N–H and O–H groups in total. The smallest absolute Gasteiger partial charge is 0.243 e. The van der Waals surface area contributed by atoms with Crippen LogP contribution in [0.3, 0.4) is 0 Å². The van der Waals surface area contributed by atoms with Gasteiger partial charge in [-0.2, -0.15) is 4.31 Å². The minimum Gasteiger partial charge on any atom is -0.497 e. The number of benzene rings is 2. The van der Waals surface area contributed by atoms with Gasteiger partial charge in [-0.25, -0.2) is 8.42 Å². The van der Waals surface area contributed by atoms with E-state index in [1.807, 2.05) is 0 Å². The maximum atomic E-state index is 12.8. The Morgan fingerprint density at radius 2 is 1.74 bits per heavy atom. The quantitative estimate of drug-likeness (QED) is 0.764. The SMILES string of the molecule is COc1ccc(S(=O)(=O)N2CCC(C(=O)Nc3ccccc3N)CC2)cc1. The molecule has 0 spiro atoms. The average Bonchev–Trinajstić information content (AvgIpc) is 2.70. The van der Waals surface area contributed by atoms with Crippen LogP contribution in [0.5, 0.6) is 5.75 Å². The number of nitrogen functional groups attached to an aromatic ring is 1. The molecule has 7 nitrogen and oxygen atoms in total. The van der Waals surface area contributed by atoms with Gasteiger partial charge in [-0.15, -0.1) is 0 Å². The first kappa shape index (κ1) is 19.2. The standard InChI is InChI=1S/C19H23N3O4S/c1-26-15-6-8-16(9-7-15)27(24,25)22-12-10-14(11-13-22)19(23)21-18-5-3-2-4-17(18)20/h2-9,14H,10-13,20H2,1H3,(H,21,23). The van der Waals surface area contributed by atoms with Crippen molar-refractivity contribution >= 4 is 27.3 Å². The highest BCUT2D eigenvalue weighted by Crippen LogP contribution is 2.26. The lowest BCUT2D eigenvalue weighted by Gasteiger charge is -2.30. The van der Waals surface area contributed by atoms with E-state index in [4.69, 9.17) is 10.5 Å². The Balaban J connectivity index is 1.62. The summed E-state index contributed by atoms with van der Waals surface area (Å²) in [6.07, 6.45) is 0.932. The number of carbonyl (C=O) groups is 1. The van der Waals surface area contributed by atoms with Crippen molar-refractivity contribution in [3.05, 3.63) is 48.5 Å². The van der Waals surface area contributed by atoms with E-state index in [9.17, 15) is 13.2 Å². The molecule has 3 rings (SSSR count). The lowest BCUT2D eigenvalue weighted by atomic mass is 9.97. The van der Waals surface area contributed by atoms with E-state index in [1.165, 1.54) is 23.5 Å². The summed E-state index contributed by atoms with van der Waals surface area (Å²) < 4.78 is 32.0. The van der Waals surface area contributed by atoms with E-state index < -0.39 is 10.0 Å². The third-order valence-corrected chi connectivity index (χ3v) is 6.65. The van der Waals surface area contributed by atoms with Crippen LogP contribution in [0.1, 0.15) is 12.8 Å². The average molecular weight is 389 g/mol. The van der Waals surface area contributed by atoms with Gasteiger partial charge in [0, 0.05) is 19.0 Å². The summed E-state index contributed by atoms with van der Waals surface area (Å²) in [4.78, 5) is 12.7. The molecule has 0 radical (unpaired) electrons. The molecule has 0 bridgehead atoms. The summed E-state index contributed by atoms with van der Waals surface area (Å²) in [6.45, 7) is 0.605. The molecule has 1 fully saturated rings. The number of nitrogens with two attached hydrogens (primary N) is 1. The molecule has 144 valence electrons. The van der Waals surface area contributed by atoms with Gasteiger partial charge in [-0.3, -0.25) is 4.79 Å². The van der Waals surface area contributed by atoms with E-state index >= 15 is 0 Å². The minimum atomic E-state index is -3.58. The molecule has 1 amide bonds. The normalized spacial score (nSPS) is 16.0. The highest BCUT2D eigenvalue weighted by atomic mass is 32.2. The molecule has 1 saturated heterocycles. The summed E-state index contributed by atoms with van der Waals surface area (Å²) in [5.41, 5.74) is 6.94. The number of nitrogens with zero attached hydrogens (tertiary/aromatic N) is 1. The Labute approximate surface area is 159 Å². The van der Waals surface area contributed by atoms with E-state index in [-0.39, 0.29) is 16.7 Å². The highest BCUT2D eigenvalue weighted by molar-refractivity contribution is 7.89. The fourth-order valence-corrected chi connectivity index (χ4v) is 4.57. The second-order valence-corrected chi connectivity index (χ2v) is 8.37. The molecule has 2 aromatic rings. The van der Waals surface area contributed by atoms with Crippen molar-refractivity contribution in [3.63, 3.8) is 0 Å². The van der Waals surface area contributed by atoms with E-state index in [1.54, 1.807) is 36.4 Å². The number of rotatable bonds is 5. The van der Waals surface area contributed by atoms with Gasteiger partial charge >= 0.3 is 0 Å². The molecular formula is C19H23N3O4S. The van der Waals surface area contributed by atoms with Crippen molar-refractivity contribution in [1.29, 1.82) is 0 Å². The zero-order valence-corrected chi connectivity index (χ0v) is 15.9. The van der Waals surface area contributed by atoms with Crippen LogP contribution in [0, 0.1) is 5.92 Å². The molecule has 0 aliphatic carbocycles. The van der Waals surface area contributed by atoms with Crippen molar-refractivity contribution in [3.8, 4) is 5.75 Å². The van der Waals surface area contributed by atoms with Crippen LogP contribution in [0.2, 0.25) is 0 Å². The number of hydrogen-bond acceptors (Lipinski definition) is 5. The Kier molecular flexibility index (Phi) is 5.67. The summed E-state index contributed by atoms with van der Waals surface area (Å²) >= 11 is 0. The number of para-hydroxylation sites is 2. The molecule has 8 heteroatoms. The lowest BCUT2D eigenvalue weighted by molar-refractivity contribution is -0.120. The Morgan fingerprint density at radius 1 is 1.11 bits per heavy atom. The summed E-state index contributed by atoms with van der Waals surface area (Å²) in [7, 11) is -2.05. The Morgan fingerprint density at radius 3 is 2.33 bits per heavy atom.